The van der Waals surface area contributed by atoms with Gasteiger partial charge in [0.1, 0.15) is 4.90 Å². The van der Waals surface area contributed by atoms with Crippen LogP contribution in [0.25, 0.3) is 0 Å². The lowest BCUT2D eigenvalue weighted by molar-refractivity contribution is 0.0648. The van der Waals surface area contributed by atoms with Crippen LogP contribution in [0.1, 0.15) is 31.1 Å². The molecule has 3 N–H and O–H groups in total. The Bertz CT molecular complexity index is 704. The molecule has 1 aromatic carbocycles. The molecule has 0 spiro atoms. The molecule has 0 saturated heterocycles. The molecule has 94 valence electrons. The van der Waals surface area contributed by atoms with E-state index in [-0.39, 0.29) is 5.56 Å². The molecule has 1 aliphatic rings. The second kappa shape index (κ2) is 3.53. The summed E-state index contributed by atoms with van der Waals surface area (Å²) in [6.45, 7) is 0. The van der Waals surface area contributed by atoms with Crippen molar-refractivity contribution in [3.63, 3.8) is 0 Å². The highest BCUT2D eigenvalue weighted by molar-refractivity contribution is 7.90. The molecule has 0 saturated carbocycles. The highest BCUT2D eigenvalue weighted by Crippen LogP contribution is 2.29. The Hall–Kier alpha value is -2.42. The van der Waals surface area contributed by atoms with Gasteiger partial charge in [0, 0.05) is 0 Å². The number of aromatic carboxylic acids is 2. The van der Waals surface area contributed by atoms with Crippen molar-refractivity contribution in [1.82, 2.24) is 4.72 Å². The first-order valence-electron chi connectivity index (χ1n) is 4.46. The lowest BCUT2D eigenvalue weighted by atomic mass is 10.0. The minimum absolute atomic E-state index is 0.377. The topological polar surface area (TPSA) is 138 Å². The Balaban J connectivity index is 2.96. The second-order valence-electron chi connectivity index (χ2n) is 3.41. The quantitative estimate of drug-likeness (QED) is 0.660. The Morgan fingerprint density at radius 3 is 2.22 bits per heavy atom. The molecule has 0 aromatic heterocycles. The molecule has 8 nitrogen and oxygen atoms in total. The first-order valence-corrected chi connectivity index (χ1v) is 5.95. The number of carboxylic acids is 2. The molecular formula is C9H5NO7S. The summed E-state index contributed by atoms with van der Waals surface area (Å²) in [5.41, 5.74) is -1.99. The minimum atomic E-state index is -4.33. The molecule has 1 aromatic rings. The molecule has 2 rings (SSSR count). The van der Waals surface area contributed by atoms with E-state index in [2.05, 4.69) is 0 Å². The highest BCUT2D eigenvalue weighted by atomic mass is 32.2. The molecule has 0 bridgehead atoms. The lowest BCUT2D eigenvalue weighted by Crippen LogP contribution is -2.22. The second-order valence-corrected chi connectivity index (χ2v) is 5.03. The Morgan fingerprint density at radius 1 is 1.11 bits per heavy atom. The van der Waals surface area contributed by atoms with Gasteiger partial charge >= 0.3 is 11.9 Å². The summed E-state index contributed by atoms with van der Waals surface area (Å²) in [5, 5.41) is 17.7. The molecule has 0 atom stereocenters. The summed E-state index contributed by atoms with van der Waals surface area (Å²) in [6, 6.07) is 1.84. The molecule has 9 heteroatoms. The summed E-state index contributed by atoms with van der Waals surface area (Å²) >= 11 is 0. The molecule has 0 radical (unpaired) electrons. The van der Waals surface area contributed by atoms with Gasteiger partial charge in [-0.15, -0.1) is 0 Å². The van der Waals surface area contributed by atoms with E-state index in [1.807, 2.05) is 0 Å². The van der Waals surface area contributed by atoms with Crippen LogP contribution in [-0.4, -0.2) is 36.5 Å². The minimum Gasteiger partial charge on any atom is -0.478 e. The fraction of sp³-hybridized carbons (Fsp3) is 0. The van der Waals surface area contributed by atoms with Gasteiger partial charge in [-0.2, -0.15) is 0 Å². The predicted molar refractivity (Wildman–Crippen MR) is 55.0 cm³/mol. The maximum Gasteiger partial charge on any atom is 0.338 e. The van der Waals surface area contributed by atoms with Crippen molar-refractivity contribution in [2.24, 2.45) is 0 Å². The Labute approximate surface area is 99.9 Å². The number of fused-ring (bicyclic) bond motifs is 1. The standard InChI is InChI=1S/C9H5NO7S/c11-7-4-2-1-3(8(12)13)5(9(14)15)6(4)18(16,17)10-7/h1-2H,(H,10,11)(H,12,13)(H,14,15). The normalized spacial score (nSPS) is 15.9. The molecule has 0 fully saturated rings. The number of sulfonamides is 1. The van der Waals surface area contributed by atoms with Crippen LogP contribution in [0.15, 0.2) is 17.0 Å². The lowest BCUT2D eigenvalue weighted by Gasteiger charge is -2.05. The Morgan fingerprint density at radius 2 is 1.72 bits per heavy atom. The van der Waals surface area contributed by atoms with Gasteiger partial charge in [0.2, 0.25) is 0 Å². The van der Waals surface area contributed by atoms with Crippen LogP contribution in [-0.2, 0) is 10.0 Å². The number of carbonyl (C=O) groups excluding carboxylic acids is 1. The van der Waals surface area contributed by atoms with Gasteiger partial charge in [-0.25, -0.2) is 22.7 Å². The Kier molecular flexibility index (Phi) is 2.37. The van der Waals surface area contributed by atoms with Crippen molar-refractivity contribution < 1.29 is 33.0 Å². The summed E-state index contributed by atoms with van der Waals surface area (Å²) in [5.74, 6) is -4.31. The largest absolute Gasteiger partial charge is 0.478 e. The van der Waals surface area contributed by atoms with E-state index in [1.165, 1.54) is 0 Å². The van der Waals surface area contributed by atoms with E-state index >= 15 is 0 Å². The smallest absolute Gasteiger partial charge is 0.338 e. The molecule has 1 amide bonds. The van der Waals surface area contributed by atoms with E-state index < -0.39 is 43.9 Å². The monoisotopic (exact) mass is 271 g/mol. The van der Waals surface area contributed by atoms with Crippen molar-refractivity contribution in [2.75, 3.05) is 0 Å². The zero-order valence-corrected chi connectivity index (χ0v) is 9.32. The predicted octanol–water partition coefficient (Wildman–Crippen LogP) is -0.485. The van der Waals surface area contributed by atoms with Gasteiger partial charge in [-0.05, 0) is 12.1 Å². The van der Waals surface area contributed by atoms with Crippen LogP contribution >= 0.6 is 0 Å². The fourth-order valence-corrected chi connectivity index (χ4v) is 3.03. The van der Waals surface area contributed by atoms with Crippen LogP contribution in [0, 0.1) is 0 Å². The van der Waals surface area contributed by atoms with Gasteiger partial charge in [0.15, 0.2) is 0 Å². The van der Waals surface area contributed by atoms with Crippen molar-refractivity contribution in [3.05, 3.63) is 28.8 Å². The van der Waals surface area contributed by atoms with Gasteiger partial charge < -0.3 is 10.2 Å². The first-order chi connectivity index (χ1) is 8.25. The maximum absolute atomic E-state index is 11.6. The van der Waals surface area contributed by atoms with Crippen LogP contribution < -0.4 is 4.72 Å². The fourth-order valence-electron chi connectivity index (χ4n) is 1.66. The highest BCUT2D eigenvalue weighted by Gasteiger charge is 2.39. The number of carbonyl (C=O) groups is 3. The van der Waals surface area contributed by atoms with E-state index in [1.54, 1.807) is 4.72 Å². The van der Waals surface area contributed by atoms with Crippen LogP contribution in [0.5, 0.6) is 0 Å². The number of hydrogen-bond donors (Lipinski definition) is 3. The zero-order valence-electron chi connectivity index (χ0n) is 8.50. The molecule has 1 aliphatic heterocycles. The number of hydrogen-bond acceptors (Lipinski definition) is 5. The van der Waals surface area contributed by atoms with Crippen molar-refractivity contribution in [3.8, 4) is 0 Å². The third-order valence-electron chi connectivity index (χ3n) is 2.34. The van der Waals surface area contributed by atoms with E-state index in [9.17, 15) is 22.8 Å². The molecule has 0 unspecified atom stereocenters. The molecule has 18 heavy (non-hydrogen) atoms. The van der Waals surface area contributed by atoms with Gasteiger partial charge in [-0.3, -0.25) is 4.79 Å². The van der Waals surface area contributed by atoms with Crippen LogP contribution in [0.3, 0.4) is 0 Å². The molecule has 1 heterocycles. The van der Waals surface area contributed by atoms with Crippen molar-refractivity contribution >= 4 is 27.9 Å². The maximum atomic E-state index is 11.6. The average Bonchev–Trinajstić information content (AvgIpc) is 2.48. The molecule has 0 aliphatic carbocycles. The summed E-state index contributed by atoms with van der Waals surface area (Å²) in [4.78, 5) is 32.4. The summed E-state index contributed by atoms with van der Waals surface area (Å²) in [6.07, 6.45) is 0. The van der Waals surface area contributed by atoms with Crippen molar-refractivity contribution in [1.29, 1.82) is 0 Å². The average molecular weight is 271 g/mol. The zero-order chi connectivity index (χ0) is 13.7. The molecular weight excluding hydrogens is 266 g/mol. The third kappa shape index (κ3) is 1.52. The third-order valence-corrected chi connectivity index (χ3v) is 3.76. The number of benzene rings is 1. The van der Waals surface area contributed by atoms with Crippen LogP contribution in [0.2, 0.25) is 0 Å². The van der Waals surface area contributed by atoms with Crippen LogP contribution in [0.4, 0.5) is 0 Å². The SMILES string of the molecule is O=C(O)c1ccc2c(c1C(=O)O)S(=O)(=O)NC2=O. The van der Waals surface area contributed by atoms with Gasteiger partial charge in [0.05, 0.1) is 16.7 Å². The number of carboxylic acid groups (broad SMARTS) is 2. The van der Waals surface area contributed by atoms with Crippen molar-refractivity contribution in [2.45, 2.75) is 4.90 Å². The van der Waals surface area contributed by atoms with Gasteiger partial charge in [0.25, 0.3) is 15.9 Å². The summed E-state index contributed by atoms with van der Waals surface area (Å²) < 4.78 is 24.7. The number of nitrogens with one attached hydrogen (secondary N) is 1. The van der Waals surface area contributed by atoms with E-state index in [0.29, 0.717) is 0 Å². The summed E-state index contributed by atoms with van der Waals surface area (Å²) in [7, 11) is -4.33. The number of amides is 1. The first kappa shape index (κ1) is 12.0. The van der Waals surface area contributed by atoms with E-state index in [4.69, 9.17) is 10.2 Å². The van der Waals surface area contributed by atoms with Gasteiger partial charge in [-0.1, -0.05) is 0 Å². The number of rotatable bonds is 2. The van der Waals surface area contributed by atoms with E-state index in [0.717, 1.165) is 12.1 Å².